The third-order valence-corrected chi connectivity index (χ3v) is 10.1. The van der Waals surface area contributed by atoms with Gasteiger partial charge in [0.2, 0.25) is 0 Å². The molecule has 0 unspecified atom stereocenters. The molecule has 6 rings (SSSR count). The minimum atomic E-state index is -0.385. The van der Waals surface area contributed by atoms with E-state index in [2.05, 4.69) is 39.3 Å². The second-order valence-corrected chi connectivity index (χ2v) is 14.3. The van der Waals surface area contributed by atoms with Gasteiger partial charge in [0.1, 0.15) is 11.3 Å². The van der Waals surface area contributed by atoms with Crippen LogP contribution >= 0.6 is 12.1 Å². The van der Waals surface area contributed by atoms with Crippen molar-refractivity contribution in [3.63, 3.8) is 0 Å². The molecule has 11 nitrogen and oxygen atoms in total. The van der Waals surface area contributed by atoms with Crippen LogP contribution in [0.2, 0.25) is 0 Å². The minimum Gasteiger partial charge on any atom is -0.489 e. The van der Waals surface area contributed by atoms with Gasteiger partial charge in [-0.2, -0.15) is 0 Å². The normalized spacial score (nSPS) is 16.7. The van der Waals surface area contributed by atoms with Crippen LogP contribution in [0.3, 0.4) is 0 Å². The number of nitrogens with one attached hydrogen (secondary N) is 1. The second kappa shape index (κ2) is 15.3. The molecule has 12 heteroatoms. The molecule has 2 aliphatic heterocycles. The summed E-state index contributed by atoms with van der Waals surface area (Å²) in [5.41, 5.74) is 6.49. The Morgan fingerprint density at radius 2 is 1.65 bits per heavy atom. The number of carbonyl (C=O) groups excluding carboxylic acids is 2. The van der Waals surface area contributed by atoms with Gasteiger partial charge in [-0.3, -0.25) is 14.3 Å². The van der Waals surface area contributed by atoms with Gasteiger partial charge in [0, 0.05) is 86.8 Å². The lowest BCUT2D eigenvalue weighted by atomic mass is 9.92. The highest BCUT2D eigenvalue weighted by atomic mass is 32.2. The Balaban J connectivity index is 0.00000145. The highest BCUT2D eigenvalue weighted by molar-refractivity contribution is 7.95. The third-order valence-electron chi connectivity index (χ3n) is 9.46. The number of ether oxygens (including phenoxy) is 2. The van der Waals surface area contributed by atoms with Crippen molar-refractivity contribution in [3.05, 3.63) is 67.6 Å². The first-order chi connectivity index (χ1) is 22.9. The molecule has 2 fully saturated rings. The highest BCUT2D eigenvalue weighted by Gasteiger charge is 2.31. The number of anilines is 1. The maximum absolute atomic E-state index is 14.0. The van der Waals surface area contributed by atoms with Gasteiger partial charge in [0.15, 0.2) is 0 Å². The lowest BCUT2D eigenvalue weighted by Crippen LogP contribution is -2.44. The molecule has 1 saturated heterocycles. The maximum atomic E-state index is 14.0. The molecule has 1 saturated carbocycles. The topological polar surface area (TPSA) is 108 Å². The number of hydrogen-bond donors (Lipinski definition) is 1. The SMILES string of the molecule is COC.Cc1c(C(=O)N2CCc3c(c(=O)oc4c(C)c(N5CCN(C)CC5)cc(C)c34)C2)ccc(C(=O)NSN(C)C)c1OC1CCC1. The quantitative estimate of drug-likeness (QED) is 0.279. The monoisotopic (exact) mass is 679 g/mol. The number of fused-ring (bicyclic) bond motifs is 3. The van der Waals surface area contributed by atoms with Crippen LogP contribution in [0.4, 0.5) is 5.69 Å². The molecule has 2 amide bonds. The molecule has 3 heterocycles. The molecule has 2 aromatic carbocycles. The van der Waals surface area contributed by atoms with Crippen molar-refractivity contribution in [2.24, 2.45) is 0 Å². The predicted octanol–water partition coefficient (Wildman–Crippen LogP) is 4.72. The Hall–Kier alpha value is -3.58. The Labute approximate surface area is 287 Å². The number of aryl methyl sites for hydroxylation is 2. The Kier molecular flexibility index (Phi) is 11.4. The van der Waals surface area contributed by atoms with Crippen molar-refractivity contribution >= 4 is 40.6 Å². The number of nitrogens with zero attached hydrogens (tertiary/aromatic N) is 4. The molecular weight excluding hydrogens is 630 g/mol. The number of amides is 2. The van der Waals surface area contributed by atoms with Crippen molar-refractivity contribution in [2.45, 2.75) is 59.1 Å². The van der Waals surface area contributed by atoms with E-state index in [0.29, 0.717) is 46.6 Å². The molecule has 0 bridgehead atoms. The fraction of sp³-hybridized carbons (Fsp3) is 0.528. The Morgan fingerprint density at radius 3 is 2.27 bits per heavy atom. The summed E-state index contributed by atoms with van der Waals surface area (Å²) in [5, 5.41) is 0.991. The number of benzene rings is 2. The molecule has 3 aromatic rings. The van der Waals surface area contributed by atoms with E-state index in [0.717, 1.165) is 73.2 Å². The van der Waals surface area contributed by atoms with E-state index in [9.17, 15) is 14.4 Å². The van der Waals surface area contributed by atoms with E-state index >= 15 is 0 Å². The van der Waals surface area contributed by atoms with Crippen LogP contribution in [-0.2, 0) is 17.7 Å². The average molecular weight is 680 g/mol. The molecule has 0 atom stereocenters. The van der Waals surface area contributed by atoms with Crippen molar-refractivity contribution in [1.29, 1.82) is 0 Å². The van der Waals surface area contributed by atoms with E-state index < -0.39 is 0 Å². The molecule has 0 spiro atoms. The number of methoxy groups -OCH3 is 1. The summed E-state index contributed by atoms with van der Waals surface area (Å²) in [5.74, 6) is -0.0143. The number of likely N-dealkylation sites (N-methyl/N-ethyl adjacent to an activating group) is 1. The molecule has 1 aliphatic carbocycles. The molecule has 1 aromatic heterocycles. The van der Waals surface area contributed by atoms with Gasteiger partial charge in [-0.15, -0.1) is 0 Å². The van der Waals surface area contributed by atoms with Gasteiger partial charge >= 0.3 is 5.63 Å². The van der Waals surface area contributed by atoms with Crippen LogP contribution in [0, 0.1) is 20.8 Å². The van der Waals surface area contributed by atoms with Crippen molar-refractivity contribution < 1.29 is 23.5 Å². The standard InChI is InChI=1S/C34H43N5O5S.C2H6O/c1-20-18-28(38-16-14-37(6)15-17-38)22(3)31-29(20)25-12-13-39(19-27(25)34(42)44-31)33(41)24-10-11-26(32(40)35-45-36(4)5)30(21(24)2)43-23-8-7-9-23;1-3-2/h10-11,18,23H,7-9,12-17,19H2,1-6H3,(H,35,40);1-2H3. The maximum Gasteiger partial charge on any atom is 0.341 e. The summed E-state index contributed by atoms with van der Waals surface area (Å²) < 4.78 is 21.2. The minimum absolute atomic E-state index is 0.0327. The lowest BCUT2D eigenvalue weighted by molar-refractivity contribution is 0.0728. The van der Waals surface area contributed by atoms with E-state index in [4.69, 9.17) is 9.15 Å². The number of carbonyl (C=O) groups is 2. The zero-order valence-electron chi connectivity index (χ0n) is 29.5. The molecule has 260 valence electrons. The van der Waals surface area contributed by atoms with Gasteiger partial charge in [-0.25, -0.2) is 9.10 Å². The molecule has 48 heavy (non-hydrogen) atoms. The average Bonchev–Trinajstić information content (AvgIpc) is 3.04. The molecule has 3 aliphatic rings. The summed E-state index contributed by atoms with van der Waals surface area (Å²) in [4.78, 5) is 47.0. The van der Waals surface area contributed by atoms with E-state index in [1.54, 1.807) is 35.6 Å². The first-order valence-corrected chi connectivity index (χ1v) is 17.4. The van der Waals surface area contributed by atoms with Gasteiger partial charge in [0.25, 0.3) is 11.8 Å². The summed E-state index contributed by atoms with van der Waals surface area (Å²) in [6, 6.07) is 5.60. The first kappa shape index (κ1) is 35.7. The first-order valence-electron chi connectivity index (χ1n) is 16.6. The summed E-state index contributed by atoms with van der Waals surface area (Å²) in [6.45, 7) is 10.5. The third kappa shape index (κ3) is 7.36. The van der Waals surface area contributed by atoms with Crippen LogP contribution in [0.5, 0.6) is 5.75 Å². The van der Waals surface area contributed by atoms with E-state index in [-0.39, 0.29) is 30.1 Å². The van der Waals surface area contributed by atoms with E-state index in [1.165, 1.54) is 12.1 Å². The van der Waals surface area contributed by atoms with Gasteiger partial charge < -0.3 is 28.6 Å². The van der Waals surface area contributed by atoms with Gasteiger partial charge in [-0.05, 0) is 96.9 Å². The number of piperazine rings is 1. The van der Waals surface area contributed by atoms with Crippen LogP contribution in [0.25, 0.3) is 11.0 Å². The number of rotatable bonds is 7. The van der Waals surface area contributed by atoms with Crippen molar-refractivity contribution in [1.82, 2.24) is 18.8 Å². The smallest absolute Gasteiger partial charge is 0.341 e. The van der Waals surface area contributed by atoms with Gasteiger partial charge in [0.05, 0.1) is 23.8 Å². The largest absolute Gasteiger partial charge is 0.489 e. The second-order valence-electron chi connectivity index (χ2n) is 13.2. The van der Waals surface area contributed by atoms with E-state index in [1.807, 2.05) is 27.9 Å². The van der Waals surface area contributed by atoms with Gasteiger partial charge in [-0.1, -0.05) is 0 Å². The molecular formula is C36H49N5O6S. The summed E-state index contributed by atoms with van der Waals surface area (Å²) >= 11 is 1.19. The van der Waals surface area contributed by atoms with Crippen LogP contribution < -0.4 is 20.0 Å². The predicted molar refractivity (Wildman–Crippen MR) is 191 cm³/mol. The summed E-state index contributed by atoms with van der Waals surface area (Å²) in [6.07, 6.45) is 3.52. The van der Waals surface area contributed by atoms with Crippen molar-refractivity contribution in [2.75, 3.05) is 73.0 Å². The summed E-state index contributed by atoms with van der Waals surface area (Å²) in [7, 11) is 9.08. The molecule has 0 radical (unpaired) electrons. The Morgan fingerprint density at radius 1 is 0.979 bits per heavy atom. The fourth-order valence-electron chi connectivity index (χ4n) is 6.57. The van der Waals surface area contributed by atoms with Crippen molar-refractivity contribution in [3.8, 4) is 5.75 Å². The fourth-order valence-corrected chi connectivity index (χ4v) is 6.94. The number of hydrogen-bond acceptors (Lipinski definition) is 10. The van der Waals surface area contributed by atoms with Crippen LogP contribution in [0.15, 0.2) is 27.4 Å². The Bertz CT molecular complexity index is 1730. The van der Waals surface area contributed by atoms with Crippen LogP contribution in [-0.4, -0.2) is 100 Å². The lowest BCUT2D eigenvalue weighted by Gasteiger charge is -2.35. The molecule has 1 N–H and O–H groups in total. The zero-order valence-corrected chi connectivity index (χ0v) is 30.3. The van der Waals surface area contributed by atoms with Crippen LogP contribution in [0.1, 0.15) is 67.8 Å². The zero-order chi connectivity index (χ0) is 34.7. The highest BCUT2D eigenvalue weighted by Crippen LogP contribution is 2.37.